The molecule has 2 aromatic rings. The van der Waals surface area contributed by atoms with E-state index in [2.05, 4.69) is 10.0 Å². The summed E-state index contributed by atoms with van der Waals surface area (Å²) in [7, 11) is 0.177. The first-order valence-corrected chi connectivity index (χ1v) is 8.26. The Balaban J connectivity index is 2.15. The number of sulfonamides is 1. The molecule has 6 heteroatoms. The summed E-state index contributed by atoms with van der Waals surface area (Å²) in [5, 5.41) is 3.02. The minimum Gasteiger partial charge on any atom is -0.352 e. The molecule has 0 amide bonds. The number of benzene rings is 1. The Kier molecular flexibility index (Phi) is 4.82. The van der Waals surface area contributed by atoms with Crippen molar-refractivity contribution in [2.45, 2.75) is 24.9 Å². The molecule has 2 rings (SSSR count). The second kappa shape index (κ2) is 6.43. The van der Waals surface area contributed by atoms with Gasteiger partial charge in [0.2, 0.25) is 10.0 Å². The molecule has 0 saturated carbocycles. The maximum absolute atomic E-state index is 12.3. The van der Waals surface area contributed by atoms with Gasteiger partial charge in [0.1, 0.15) is 0 Å². The zero-order chi connectivity index (χ0) is 15.5. The standard InChI is InChI=1S/C15H21N3O2S/c1-12-6-4-5-7-13(12)9-17-21(19,20)15-8-14(10-16-2)18(3)11-15/h4-8,11,16-17H,9-10H2,1-3H3. The van der Waals surface area contributed by atoms with Crippen LogP contribution in [-0.4, -0.2) is 20.0 Å². The van der Waals surface area contributed by atoms with Gasteiger partial charge in [0.15, 0.2) is 0 Å². The lowest BCUT2D eigenvalue weighted by atomic mass is 10.1. The predicted octanol–water partition coefficient (Wildman–Crippen LogP) is 1.53. The van der Waals surface area contributed by atoms with Crippen molar-refractivity contribution in [2.24, 2.45) is 7.05 Å². The van der Waals surface area contributed by atoms with E-state index in [1.807, 2.05) is 49.9 Å². The monoisotopic (exact) mass is 307 g/mol. The SMILES string of the molecule is CNCc1cc(S(=O)(=O)NCc2ccccc2C)cn1C. The van der Waals surface area contributed by atoms with Crippen molar-refractivity contribution < 1.29 is 8.42 Å². The minimum atomic E-state index is -3.49. The molecular formula is C15H21N3O2S. The smallest absolute Gasteiger partial charge is 0.242 e. The van der Waals surface area contributed by atoms with Crippen molar-refractivity contribution >= 4 is 10.0 Å². The van der Waals surface area contributed by atoms with Gasteiger partial charge in [0, 0.05) is 32.0 Å². The summed E-state index contributed by atoms with van der Waals surface area (Å²) in [6.07, 6.45) is 1.63. The lowest BCUT2D eigenvalue weighted by Crippen LogP contribution is -2.23. The van der Waals surface area contributed by atoms with Crippen LogP contribution in [0.15, 0.2) is 41.4 Å². The van der Waals surface area contributed by atoms with E-state index in [9.17, 15) is 8.42 Å². The topological polar surface area (TPSA) is 63.1 Å². The summed E-state index contributed by atoms with van der Waals surface area (Å²) >= 11 is 0. The van der Waals surface area contributed by atoms with Crippen molar-refractivity contribution in [3.05, 3.63) is 53.3 Å². The summed E-state index contributed by atoms with van der Waals surface area (Å²) in [5.74, 6) is 0. The molecule has 0 saturated heterocycles. The molecule has 114 valence electrons. The largest absolute Gasteiger partial charge is 0.352 e. The quantitative estimate of drug-likeness (QED) is 0.851. The molecule has 1 heterocycles. The van der Waals surface area contributed by atoms with E-state index in [4.69, 9.17) is 0 Å². The molecule has 1 aromatic carbocycles. The van der Waals surface area contributed by atoms with Gasteiger partial charge < -0.3 is 9.88 Å². The number of nitrogens with one attached hydrogen (secondary N) is 2. The van der Waals surface area contributed by atoms with Crippen LogP contribution in [0.4, 0.5) is 0 Å². The molecule has 0 spiro atoms. The fraction of sp³-hybridized carbons (Fsp3) is 0.333. The first-order valence-electron chi connectivity index (χ1n) is 6.78. The van der Waals surface area contributed by atoms with Crippen molar-refractivity contribution in [2.75, 3.05) is 7.05 Å². The third-order valence-electron chi connectivity index (χ3n) is 3.46. The summed E-state index contributed by atoms with van der Waals surface area (Å²) in [6.45, 7) is 2.90. The molecule has 1 aromatic heterocycles. The molecule has 0 atom stereocenters. The highest BCUT2D eigenvalue weighted by molar-refractivity contribution is 7.89. The van der Waals surface area contributed by atoms with E-state index >= 15 is 0 Å². The Hall–Kier alpha value is -1.63. The normalized spacial score (nSPS) is 11.8. The summed E-state index contributed by atoms with van der Waals surface area (Å²) in [4.78, 5) is 0.295. The lowest BCUT2D eigenvalue weighted by Gasteiger charge is -2.07. The highest BCUT2D eigenvalue weighted by Gasteiger charge is 2.17. The summed E-state index contributed by atoms with van der Waals surface area (Å²) in [6, 6.07) is 9.43. The van der Waals surface area contributed by atoms with E-state index < -0.39 is 10.0 Å². The van der Waals surface area contributed by atoms with E-state index in [1.165, 1.54) is 0 Å². The molecule has 0 fully saturated rings. The van der Waals surface area contributed by atoms with E-state index in [0.717, 1.165) is 16.8 Å². The molecule has 5 nitrogen and oxygen atoms in total. The second-order valence-electron chi connectivity index (χ2n) is 5.06. The zero-order valence-corrected chi connectivity index (χ0v) is 13.4. The third kappa shape index (κ3) is 3.72. The average molecular weight is 307 g/mol. The second-order valence-corrected chi connectivity index (χ2v) is 6.83. The van der Waals surface area contributed by atoms with E-state index in [0.29, 0.717) is 18.0 Å². The number of rotatable bonds is 6. The van der Waals surface area contributed by atoms with Crippen LogP contribution < -0.4 is 10.0 Å². The Morgan fingerprint density at radius 2 is 1.90 bits per heavy atom. The molecule has 21 heavy (non-hydrogen) atoms. The Bertz CT molecular complexity index is 720. The van der Waals surface area contributed by atoms with Gasteiger partial charge in [-0.1, -0.05) is 24.3 Å². The van der Waals surface area contributed by atoms with Crippen molar-refractivity contribution in [3.8, 4) is 0 Å². The number of hydrogen-bond donors (Lipinski definition) is 2. The highest BCUT2D eigenvalue weighted by atomic mass is 32.2. The van der Waals surface area contributed by atoms with Gasteiger partial charge in [-0.15, -0.1) is 0 Å². The first-order chi connectivity index (χ1) is 9.94. The van der Waals surface area contributed by atoms with Crippen LogP contribution in [0.25, 0.3) is 0 Å². The number of hydrogen-bond acceptors (Lipinski definition) is 3. The maximum atomic E-state index is 12.3. The van der Waals surface area contributed by atoms with Crippen LogP contribution in [0.3, 0.4) is 0 Å². The number of aryl methyl sites for hydroxylation is 2. The van der Waals surface area contributed by atoms with Gasteiger partial charge in [-0.05, 0) is 31.2 Å². The number of aromatic nitrogens is 1. The summed E-state index contributed by atoms with van der Waals surface area (Å²) in [5.41, 5.74) is 2.98. The van der Waals surface area contributed by atoms with Crippen LogP contribution in [-0.2, 0) is 30.2 Å². The summed E-state index contributed by atoms with van der Waals surface area (Å²) < 4.78 is 29.2. The van der Waals surface area contributed by atoms with Crippen LogP contribution in [0.5, 0.6) is 0 Å². The fourth-order valence-corrected chi connectivity index (χ4v) is 3.25. The van der Waals surface area contributed by atoms with Gasteiger partial charge in [-0.3, -0.25) is 0 Å². The van der Waals surface area contributed by atoms with Crippen molar-refractivity contribution in [3.63, 3.8) is 0 Å². The van der Waals surface area contributed by atoms with Crippen LogP contribution in [0, 0.1) is 6.92 Å². The van der Waals surface area contributed by atoms with E-state index in [1.54, 1.807) is 12.3 Å². The highest BCUT2D eigenvalue weighted by Crippen LogP contribution is 2.14. The Morgan fingerprint density at radius 1 is 1.19 bits per heavy atom. The molecule has 0 radical (unpaired) electrons. The van der Waals surface area contributed by atoms with Crippen molar-refractivity contribution in [1.82, 2.24) is 14.6 Å². The molecular weight excluding hydrogens is 286 g/mol. The molecule has 0 aliphatic rings. The Labute approximate surface area is 126 Å². The van der Waals surface area contributed by atoms with Gasteiger partial charge in [0.25, 0.3) is 0 Å². The predicted molar refractivity (Wildman–Crippen MR) is 83.4 cm³/mol. The van der Waals surface area contributed by atoms with Crippen LogP contribution >= 0.6 is 0 Å². The van der Waals surface area contributed by atoms with Gasteiger partial charge in [-0.2, -0.15) is 0 Å². The minimum absolute atomic E-state index is 0.295. The van der Waals surface area contributed by atoms with Crippen LogP contribution in [0.1, 0.15) is 16.8 Å². The van der Waals surface area contributed by atoms with E-state index in [-0.39, 0.29) is 0 Å². The zero-order valence-electron chi connectivity index (χ0n) is 12.6. The maximum Gasteiger partial charge on any atom is 0.242 e. The third-order valence-corrected chi connectivity index (χ3v) is 4.83. The van der Waals surface area contributed by atoms with Gasteiger partial charge in [-0.25, -0.2) is 13.1 Å². The van der Waals surface area contributed by atoms with Gasteiger partial charge >= 0.3 is 0 Å². The van der Waals surface area contributed by atoms with Crippen molar-refractivity contribution in [1.29, 1.82) is 0 Å². The molecule has 0 aliphatic heterocycles. The lowest BCUT2D eigenvalue weighted by molar-refractivity contribution is 0.581. The Morgan fingerprint density at radius 3 is 2.57 bits per heavy atom. The molecule has 0 bridgehead atoms. The molecule has 2 N–H and O–H groups in total. The molecule has 0 aliphatic carbocycles. The number of nitrogens with zero attached hydrogens (tertiary/aromatic N) is 1. The average Bonchev–Trinajstić information content (AvgIpc) is 2.81. The van der Waals surface area contributed by atoms with Gasteiger partial charge in [0.05, 0.1) is 4.90 Å². The molecule has 0 unspecified atom stereocenters. The van der Waals surface area contributed by atoms with Crippen LogP contribution in [0.2, 0.25) is 0 Å². The first kappa shape index (κ1) is 15.8. The fourth-order valence-electron chi connectivity index (χ4n) is 2.15.